The van der Waals surface area contributed by atoms with Gasteiger partial charge in [-0.05, 0) is 55.7 Å². The second-order valence-corrected chi connectivity index (χ2v) is 7.08. The SMILES string of the molecule is Cc1ccc2nc(-c3cccc(Cl)c3)c(Nc3c(C)cccc3C)n2c1. The number of benzene rings is 2. The Balaban J connectivity index is 1.96. The van der Waals surface area contributed by atoms with Crippen LogP contribution in [0, 0.1) is 20.8 Å². The van der Waals surface area contributed by atoms with E-state index in [-0.39, 0.29) is 0 Å². The summed E-state index contributed by atoms with van der Waals surface area (Å²) in [5, 5.41) is 4.34. The maximum absolute atomic E-state index is 6.23. The molecule has 0 fully saturated rings. The van der Waals surface area contributed by atoms with Crippen molar-refractivity contribution in [3.05, 3.63) is 82.5 Å². The van der Waals surface area contributed by atoms with Crippen LogP contribution in [0.3, 0.4) is 0 Å². The van der Waals surface area contributed by atoms with Crippen molar-refractivity contribution >= 4 is 28.8 Å². The minimum absolute atomic E-state index is 0.703. The molecular weight excluding hydrogens is 342 g/mol. The first-order chi connectivity index (χ1) is 12.5. The van der Waals surface area contributed by atoms with E-state index in [1.165, 1.54) is 16.7 Å². The van der Waals surface area contributed by atoms with Gasteiger partial charge in [-0.15, -0.1) is 0 Å². The summed E-state index contributed by atoms with van der Waals surface area (Å²) < 4.78 is 2.11. The number of aromatic nitrogens is 2. The average Bonchev–Trinajstić information content (AvgIpc) is 2.96. The van der Waals surface area contributed by atoms with Crippen LogP contribution in [0.15, 0.2) is 60.8 Å². The number of imidazole rings is 1. The van der Waals surface area contributed by atoms with Gasteiger partial charge in [-0.3, -0.25) is 4.40 Å². The summed E-state index contributed by atoms with van der Waals surface area (Å²) >= 11 is 6.23. The van der Waals surface area contributed by atoms with Gasteiger partial charge in [0, 0.05) is 22.5 Å². The van der Waals surface area contributed by atoms with E-state index in [0.29, 0.717) is 5.02 Å². The Morgan fingerprint density at radius 1 is 0.923 bits per heavy atom. The zero-order valence-corrected chi connectivity index (χ0v) is 15.8. The molecule has 0 saturated heterocycles. The van der Waals surface area contributed by atoms with Crippen molar-refractivity contribution in [1.29, 1.82) is 0 Å². The van der Waals surface area contributed by atoms with Gasteiger partial charge in [0.1, 0.15) is 17.2 Å². The van der Waals surface area contributed by atoms with Gasteiger partial charge < -0.3 is 5.32 Å². The van der Waals surface area contributed by atoms with Gasteiger partial charge >= 0.3 is 0 Å². The fourth-order valence-corrected chi connectivity index (χ4v) is 3.43. The maximum atomic E-state index is 6.23. The predicted molar refractivity (Wildman–Crippen MR) is 110 cm³/mol. The molecule has 0 aliphatic heterocycles. The summed E-state index contributed by atoms with van der Waals surface area (Å²) in [5.74, 6) is 0.948. The first-order valence-electron chi connectivity index (χ1n) is 8.61. The zero-order chi connectivity index (χ0) is 18.3. The fraction of sp³-hybridized carbons (Fsp3) is 0.136. The lowest BCUT2D eigenvalue weighted by Gasteiger charge is -2.14. The molecule has 0 amide bonds. The molecule has 0 aliphatic rings. The van der Waals surface area contributed by atoms with E-state index < -0.39 is 0 Å². The number of pyridine rings is 1. The molecule has 1 N–H and O–H groups in total. The number of hydrogen-bond acceptors (Lipinski definition) is 2. The molecule has 2 aromatic heterocycles. The van der Waals surface area contributed by atoms with Crippen LogP contribution in [-0.4, -0.2) is 9.38 Å². The highest BCUT2D eigenvalue weighted by atomic mass is 35.5. The lowest BCUT2D eigenvalue weighted by Crippen LogP contribution is -2.01. The molecule has 4 rings (SSSR count). The third kappa shape index (κ3) is 2.95. The van der Waals surface area contributed by atoms with Gasteiger partial charge in [0.2, 0.25) is 0 Å². The topological polar surface area (TPSA) is 29.3 Å². The van der Waals surface area contributed by atoms with Gasteiger partial charge in [0.15, 0.2) is 0 Å². The normalized spacial score (nSPS) is 11.1. The minimum Gasteiger partial charge on any atom is -0.339 e. The molecule has 4 aromatic rings. The van der Waals surface area contributed by atoms with Gasteiger partial charge in [-0.2, -0.15) is 0 Å². The van der Waals surface area contributed by atoms with Crippen molar-refractivity contribution in [1.82, 2.24) is 9.38 Å². The number of fused-ring (bicyclic) bond motifs is 1. The van der Waals surface area contributed by atoms with Gasteiger partial charge in [0.05, 0.1) is 0 Å². The van der Waals surface area contributed by atoms with Crippen LogP contribution in [0.2, 0.25) is 5.02 Å². The number of para-hydroxylation sites is 1. The van der Waals surface area contributed by atoms with E-state index in [1.807, 2.05) is 30.3 Å². The van der Waals surface area contributed by atoms with Crippen LogP contribution < -0.4 is 5.32 Å². The van der Waals surface area contributed by atoms with Crippen molar-refractivity contribution in [2.24, 2.45) is 0 Å². The van der Waals surface area contributed by atoms with E-state index in [4.69, 9.17) is 16.6 Å². The second kappa shape index (κ2) is 6.50. The van der Waals surface area contributed by atoms with Crippen molar-refractivity contribution in [2.75, 3.05) is 5.32 Å². The zero-order valence-electron chi connectivity index (χ0n) is 15.0. The third-order valence-electron chi connectivity index (χ3n) is 4.59. The molecule has 0 spiro atoms. The Kier molecular flexibility index (Phi) is 4.17. The van der Waals surface area contributed by atoms with E-state index >= 15 is 0 Å². The molecule has 130 valence electrons. The maximum Gasteiger partial charge on any atom is 0.143 e. The van der Waals surface area contributed by atoms with Crippen LogP contribution in [0.4, 0.5) is 11.5 Å². The van der Waals surface area contributed by atoms with Crippen LogP contribution in [-0.2, 0) is 0 Å². The standard InChI is InChI=1S/C22H20ClN3/c1-14-10-11-19-24-21(17-8-5-9-18(23)12-17)22(26(19)13-14)25-20-15(2)6-4-7-16(20)3/h4-13,25H,1-3H3. The average molecular weight is 362 g/mol. The fourth-order valence-electron chi connectivity index (χ4n) is 3.24. The lowest BCUT2D eigenvalue weighted by atomic mass is 10.1. The number of aryl methyl sites for hydroxylation is 3. The highest BCUT2D eigenvalue weighted by Crippen LogP contribution is 2.34. The van der Waals surface area contributed by atoms with Crippen molar-refractivity contribution in [3.8, 4) is 11.3 Å². The third-order valence-corrected chi connectivity index (χ3v) is 4.82. The molecule has 4 heteroatoms. The molecule has 2 heterocycles. The van der Waals surface area contributed by atoms with E-state index in [9.17, 15) is 0 Å². The first-order valence-corrected chi connectivity index (χ1v) is 8.98. The molecule has 0 atom stereocenters. The number of nitrogens with zero attached hydrogens (tertiary/aromatic N) is 2. The summed E-state index contributed by atoms with van der Waals surface area (Å²) in [6, 6.07) is 18.2. The molecular formula is C22H20ClN3. The van der Waals surface area contributed by atoms with Crippen LogP contribution in [0.1, 0.15) is 16.7 Å². The summed E-state index contributed by atoms with van der Waals surface area (Å²) in [7, 11) is 0. The summed E-state index contributed by atoms with van der Waals surface area (Å²) in [5.41, 5.74) is 7.47. The first kappa shape index (κ1) is 16.7. The smallest absolute Gasteiger partial charge is 0.143 e. The van der Waals surface area contributed by atoms with Crippen molar-refractivity contribution < 1.29 is 0 Å². The molecule has 2 aromatic carbocycles. The molecule has 0 radical (unpaired) electrons. The van der Waals surface area contributed by atoms with Gasteiger partial charge in [-0.25, -0.2) is 4.98 Å². The molecule has 3 nitrogen and oxygen atoms in total. The molecule has 0 saturated carbocycles. The molecule has 26 heavy (non-hydrogen) atoms. The monoisotopic (exact) mass is 361 g/mol. The van der Waals surface area contributed by atoms with Crippen LogP contribution in [0.5, 0.6) is 0 Å². The van der Waals surface area contributed by atoms with Crippen LogP contribution >= 0.6 is 11.6 Å². The highest BCUT2D eigenvalue weighted by Gasteiger charge is 2.16. The largest absolute Gasteiger partial charge is 0.339 e. The molecule has 0 unspecified atom stereocenters. The summed E-state index contributed by atoms with van der Waals surface area (Å²) in [6.45, 7) is 6.31. The quantitative estimate of drug-likeness (QED) is 0.462. The summed E-state index contributed by atoms with van der Waals surface area (Å²) in [4.78, 5) is 4.86. The van der Waals surface area contributed by atoms with Gasteiger partial charge in [0.25, 0.3) is 0 Å². The van der Waals surface area contributed by atoms with E-state index in [2.05, 4.69) is 61.0 Å². The Morgan fingerprint density at radius 3 is 2.38 bits per heavy atom. The predicted octanol–water partition coefficient (Wildman–Crippen LogP) is 6.32. The number of halogens is 1. The Bertz CT molecular complexity index is 1090. The molecule has 0 bridgehead atoms. The highest BCUT2D eigenvalue weighted by molar-refractivity contribution is 6.30. The number of anilines is 2. The molecule has 0 aliphatic carbocycles. The summed E-state index contributed by atoms with van der Waals surface area (Å²) in [6.07, 6.45) is 2.10. The Morgan fingerprint density at radius 2 is 1.65 bits per heavy atom. The second-order valence-electron chi connectivity index (χ2n) is 6.65. The number of hydrogen-bond donors (Lipinski definition) is 1. The lowest BCUT2D eigenvalue weighted by molar-refractivity contribution is 1.15. The number of rotatable bonds is 3. The van der Waals surface area contributed by atoms with E-state index in [1.54, 1.807) is 0 Å². The van der Waals surface area contributed by atoms with Crippen molar-refractivity contribution in [3.63, 3.8) is 0 Å². The minimum atomic E-state index is 0.703. The van der Waals surface area contributed by atoms with Crippen LogP contribution in [0.25, 0.3) is 16.9 Å². The Labute approximate surface area is 158 Å². The Hall–Kier alpha value is -2.78. The van der Waals surface area contributed by atoms with E-state index in [0.717, 1.165) is 28.4 Å². The van der Waals surface area contributed by atoms with Gasteiger partial charge in [-0.1, -0.05) is 48.0 Å². The van der Waals surface area contributed by atoms with Crippen molar-refractivity contribution in [2.45, 2.75) is 20.8 Å². The number of nitrogens with one attached hydrogen (secondary N) is 1.